The van der Waals surface area contributed by atoms with Gasteiger partial charge in [-0.25, -0.2) is 4.79 Å². The third-order valence-corrected chi connectivity index (χ3v) is 4.29. The Morgan fingerprint density at radius 2 is 1.79 bits per heavy atom. The first-order valence-electron chi connectivity index (χ1n) is 7.62. The number of hydrogen-bond donors (Lipinski definition) is 3. The highest BCUT2D eigenvalue weighted by Crippen LogP contribution is 2.22. The second kappa shape index (κ2) is 9.05. The van der Waals surface area contributed by atoms with Crippen molar-refractivity contribution in [3.8, 4) is 0 Å². The molecule has 2 rings (SSSR count). The molecular formula is C17H21N3O3S. The van der Waals surface area contributed by atoms with Crippen LogP contribution in [-0.2, 0) is 9.53 Å². The molecule has 0 aliphatic heterocycles. The van der Waals surface area contributed by atoms with Crippen LogP contribution in [0.3, 0.4) is 0 Å². The van der Waals surface area contributed by atoms with Gasteiger partial charge in [-0.1, -0.05) is 13.0 Å². The normalized spacial score (nSPS) is 11.6. The van der Waals surface area contributed by atoms with Gasteiger partial charge in [0.2, 0.25) is 5.91 Å². The van der Waals surface area contributed by atoms with E-state index in [4.69, 9.17) is 4.74 Å². The number of carbonyl (C=O) groups is 2. The molecule has 24 heavy (non-hydrogen) atoms. The molecule has 6 nitrogen and oxygen atoms in total. The largest absolute Gasteiger partial charge is 0.375 e. The van der Waals surface area contributed by atoms with Crippen LogP contribution in [0.4, 0.5) is 16.2 Å². The van der Waals surface area contributed by atoms with Crippen molar-refractivity contribution in [3.63, 3.8) is 0 Å². The zero-order valence-electron chi connectivity index (χ0n) is 13.7. The van der Waals surface area contributed by atoms with E-state index in [1.54, 1.807) is 35.6 Å². The van der Waals surface area contributed by atoms with Gasteiger partial charge in [0.05, 0.1) is 6.04 Å². The van der Waals surface area contributed by atoms with Crippen LogP contribution >= 0.6 is 11.3 Å². The average molecular weight is 347 g/mol. The number of amides is 3. The lowest BCUT2D eigenvalue weighted by molar-refractivity contribution is -0.119. The van der Waals surface area contributed by atoms with Crippen LogP contribution in [-0.4, -0.2) is 25.7 Å². The van der Waals surface area contributed by atoms with Gasteiger partial charge in [0.25, 0.3) is 0 Å². The monoisotopic (exact) mass is 347 g/mol. The van der Waals surface area contributed by atoms with Gasteiger partial charge >= 0.3 is 6.03 Å². The van der Waals surface area contributed by atoms with Gasteiger partial charge in [0, 0.05) is 23.4 Å². The van der Waals surface area contributed by atoms with E-state index in [1.807, 2.05) is 24.4 Å². The average Bonchev–Trinajstić information content (AvgIpc) is 3.09. The number of rotatable bonds is 7. The van der Waals surface area contributed by atoms with Crippen molar-refractivity contribution in [3.05, 3.63) is 46.7 Å². The summed E-state index contributed by atoms with van der Waals surface area (Å²) in [6.07, 6.45) is 0.818. The van der Waals surface area contributed by atoms with Gasteiger partial charge in [0.15, 0.2) is 0 Å². The number of thiophene rings is 1. The van der Waals surface area contributed by atoms with E-state index < -0.39 is 0 Å². The first-order valence-corrected chi connectivity index (χ1v) is 8.50. The standard InChI is InChI=1S/C17H21N3O3S/c1-3-14(15-5-4-10-24-15)20-17(22)19-13-8-6-12(7-9-13)18-16(21)11-23-2/h4-10,14H,3,11H2,1-2H3,(H,18,21)(H2,19,20,22)/t14-/m1/s1. The first kappa shape index (κ1) is 18.0. The van der Waals surface area contributed by atoms with Crippen LogP contribution in [0.25, 0.3) is 0 Å². The summed E-state index contributed by atoms with van der Waals surface area (Å²) in [5.74, 6) is -0.224. The molecule has 0 fully saturated rings. The van der Waals surface area contributed by atoms with Gasteiger partial charge in [-0.2, -0.15) is 0 Å². The smallest absolute Gasteiger partial charge is 0.319 e. The molecule has 7 heteroatoms. The van der Waals surface area contributed by atoms with Crippen LogP contribution in [0.15, 0.2) is 41.8 Å². The summed E-state index contributed by atoms with van der Waals surface area (Å²) in [4.78, 5) is 24.7. The molecule has 0 aliphatic carbocycles. The number of ether oxygens (including phenoxy) is 1. The number of methoxy groups -OCH3 is 1. The molecule has 0 bridgehead atoms. The SMILES string of the molecule is CC[C@@H](NC(=O)Nc1ccc(NC(=O)COC)cc1)c1cccs1. The number of anilines is 2. The molecule has 0 unspecified atom stereocenters. The molecule has 3 N–H and O–H groups in total. The van der Waals surface area contributed by atoms with E-state index in [0.29, 0.717) is 11.4 Å². The predicted molar refractivity (Wildman–Crippen MR) is 96.5 cm³/mol. The summed E-state index contributed by atoms with van der Waals surface area (Å²) in [5.41, 5.74) is 1.30. The number of carbonyl (C=O) groups excluding carboxylic acids is 2. The summed E-state index contributed by atoms with van der Waals surface area (Å²) >= 11 is 1.62. The summed E-state index contributed by atoms with van der Waals surface area (Å²) in [7, 11) is 1.46. The van der Waals surface area contributed by atoms with Crippen molar-refractivity contribution in [2.45, 2.75) is 19.4 Å². The number of benzene rings is 1. The van der Waals surface area contributed by atoms with Crippen molar-refractivity contribution in [1.82, 2.24) is 5.32 Å². The van der Waals surface area contributed by atoms with E-state index in [1.165, 1.54) is 7.11 Å². The van der Waals surface area contributed by atoms with Crippen LogP contribution in [0.2, 0.25) is 0 Å². The Labute approximate surface area is 145 Å². The Bertz CT molecular complexity index is 656. The van der Waals surface area contributed by atoms with Gasteiger partial charge in [0.1, 0.15) is 6.61 Å². The van der Waals surface area contributed by atoms with Crippen LogP contribution in [0.5, 0.6) is 0 Å². The number of hydrogen-bond acceptors (Lipinski definition) is 4. The van der Waals surface area contributed by atoms with Crippen molar-refractivity contribution >= 4 is 34.6 Å². The Balaban J connectivity index is 1.88. The predicted octanol–water partition coefficient (Wildman–Crippen LogP) is 3.61. The van der Waals surface area contributed by atoms with Crippen molar-refractivity contribution in [2.75, 3.05) is 24.4 Å². The van der Waals surface area contributed by atoms with E-state index in [2.05, 4.69) is 16.0 Å². The van der Waals surface area contributed by atoms with E-state index in [-0.39, 0.29) is 24.6 Å². The van der Waals surface area contributed by atoms with Gasteiger partial charge in [-0.15, -0.1) is 11.3 Å². The zero-order valence-corrected chi connectivity index (χ0v) is 14.5. The zero-order chi connectivity index (χ0) is 17.4. The van der Waals surface area contributed by atoms with Crippen molar-refractivity contribution in [2.24, 2.45) is 0 Å². The third-order valence-electron chi connectivity index (χ3n) is 3.30. The Morgan fingerprint density at radius 3 is 2.33 bits per heavy atom. The molecule has 0 aliphatic rings. The Kier molecular flexibility index (Phi) is 6.77. The fourth-order valence-electron chi connectivity index (χ4n) is 2.15. The Morgan fingerprint density at radius 1 is 1.12 bits per heavy atom. The molecule has 3 amide bonds. The molecule has 0 spiro atoms. The maximum absolute atomic E-state index is 12.1. The molecule has 128 valence electrons. The fraction of sp³-hybridized carbons (Fsp3) is 0.294. The maximum atomic E-state index is 12.1. The molecule has 0 radical (unpaired) electrons. The number of urea groups is 1. The lowest BCUT2D eigenvalue weighted by Gasteiger charge is -2.16. The minimum Gasteiger partial charge on any atom is -0.375 e. The summed E-state index contributed by atoms with van der Waals surface area (Å²) < 4.78 is 4.75. The van der Waals surface area contributed by atoms with E-state index in [0.717, 1.165) is 11.3 Å². The minimum atomic E-state index is -0.258. The second-order valence-corrected chi connectivity index (χ2v) is 6.11. The minimum absolute atomic E-state index is 0.00222. The quantitative estimate of drug-likeness (QED) is 0.716. The lowest BCUT2D eigenvalue weighted by atomic mass is 10.2. The molecule has 1 heterocycles. The van der Waals surface area contributed by atoms with E-state index >= 15 is 0 Å². The molecule has 1 aromatic carbocycles. The van der Waals surface area contributed by atoms with Gasteiger partial charge < -0.3 is 20.7 Å². The molecule has 0 saturated carbocycles. The van der Waals surface area contributed by atoms with Crippen molar-refractivity contribution < 1.29 is 14.3 Å². The molecule has 0 saturated heterocycles. The number of nitrogens with one attached hydrogen (secondary N) is 3. The van der Waals surface area contributed by atoms with Crippen LogP contribution < -0.4 is 16.0 Å². The lowest BCUT2D eigenvalue weighted by Crippen LogP contribution is -2.31. The molecule has 2 aromatic rings. The highest BCUT2D eigenvalue weighted by molar-refractivity contribution is 7.10. The first-order chi connectivity index (χ1) is 11.6. The van der Waals surface area contributed by atoms with Gasteiger partial charge in [-0.05, 0) is 42.1 Å². The molecule has 1 atom stereocenters. The van der Waals surface area contributed by atoms with Crippen LogP contribution in [0.1, 0.15) is 24.3 Å². The molecular weight excluding hydrogens is 326 g/mol. The summed E-state index contributed by atoms with van der Waals surface area (Å²) in [5, 5.41) is 10.4. The van der Waals surface area contributed by atoms with E-state index in [9.17, 15) is 9.59 Å². The topological polar surface area (TPSA) is 79.5 Å². The summed E-state index contributed by atoms with van der Waals surface area (Å²) in [6, 6.07) is 10.6. The Hall–Kier alpha value is -2.38. The molecule has 1 aromatic heterocycles. The fourth-order valence-corrected chi connectivity index (χ4v) is 3.02. The summed E-state index contributed by atoms with van der Waals surface area (Å²) in [6.45, 7) is 2.03. The second-order valence-electron chi connectivity index (χ2n) is 5.13. The van der Waals surface area contributed by atoms with Crippen molar-refractivity contribution in [1.29, 1.82) is 0 Å². The highest BCUT2D eigenvalue weighted by Gasteiger charge is 2.13. The third kappa shape index (κ3) is 5.36. The maximum Gasteiger partial charge on any atom is 0.319 e. The van der Waals surface area contributed by atoms with Gasteiger partial charge in [-0.3, -0.25) is 4.79 Å². The van der Waals surface area contributed by atoms with Crippen LogP contribution in [0, 0.1) is 0 Å². The highest BCUT2D eigenvalue weighted by atomic mass is 32.1.